The molecular weight excluding hydrogens is 499 g/mol. The number of aryl methyl sites for hydroxylation is 1. The summed E-state index contributed by atoms with van der Waals surface area (Å²) < 4.78 is 36.0. The lowest BCUT2D eigenvalue weighted by Gasteiger charge is -2.25. The minimum Gasteiger partial charge on any atom is -0.507 e. The third-order valence-corrected chi connectivity index (χ3v) is 8.70. The zero-order valence-corrected chi connectivity index (χ0v) is 23.5. The number of halogens is 1. The highest BCUT2D eigenvalue weighted by atomic mass is 28.3. The molecule has 3 heterocycles. The van der Waals surface area contributed by atoms with Crippen LogP contribution in [0.3, 0.4) is 0 Å². The number of fused-ring (bicyclic) bond motifs is 2. The zero-order chi connectivity index (χ0) is 27.0. The number of aromatic nitrogens is 3. The summed E-state index contributed by atoms with van der Waals surface area (Å²) in [5.41, 5.74) is 4.78. The van der Waals surface area contributed by atoms with Gasteiger partial charge in [0.2, 0.25) is 5.69 Å². The zero-order valence-electron chi connectivity index (χ0n) is 22.5. The average molecular weight is 533 g/mol. The van der Waals surface area contributed by atoms with E-state index < -0.39 is 8.07 Å². The number of benzene rings is 2. The van der Waals surface area contributed by atoms with Crippen LogP contribution in [0.1, 0.15) is 23.1 Å². The number of nitrogens with zero attached hydrogens (tertiary/aromatic N) is 4. The lowest BCUT2D eigenvalue weighted by atomic mass is 10.0. The first-order valence-corrected chi connectivity index (χ1v) is 16.5. The summed E-state index contributed by atoms with van der Waals surface area (Å²) in [6.45, 7) is 18.7. The molecule has 198 valence electrons. The van der Waals surface area contributed by atoms with Crippen molar-refractivity contribution in [3.05, 3.63) is 76.8 Å². The topological polar surface area (TPSA) is 54.8 Å². The molecule has 0 N–H and O–H groups in total. The van der Waals surface area contributed by atoms with Crippen molar-refractivity contribution in [2.24, 2.45) is 0 Å². The van der Waals surface area contributed by atoms with Crippen molar-refractivity contribution in [3.63, 3.8) is 0 Å². The first-order valence-electron chi connectivity index (χ1n) is 12.8. The van der Waals surface area contributed by atoms with Crippen LogP contribution >= 0.6 is 0 Å². The van der Waals surface area contributed by atoms with Crippen molar-refractivity contribution in [1.29, 1.82) is 0 Å². The number of methoxy groups -OCH3 is 1. The van der Waals surface area contributed by atoms with Crippen molar-refractivity contribution in [1.82, 2.24) is 14.1 Å². The summed E-state index contributed by atoms with van der Waals surface area (Å²) in [6.07, 6.45) is 1.66. The van der Waals surface area contributed by atoms with Crippen molar-refractivity contribution in [2.75, 3.05) is 20.3 Å². The molecule has 7 nitrogen and oxygen atoms in total. The van der Waals surface area contributed by atoms with Gasteiger partial charge >= 0.3 is 0 Å². The van der Waals surface area contributed by atoms with Crippen LogP contribution in [0.5, 0.6) is 5.75 Å². The van der Waals surface area contributed by atoms with Gasteiger partial charge in [-0.15, -0.1) is 0 Å². The molecule has 0 bridgehead atoms. The fourth-order valence-corrected chi connectivity index (χ4v) is 5.69. The lowest BCUT2D eigenvalue weighted by molar-refractivity contribution is 0.0426. The van der Waals surface area contributed by atoms with E-state index in [1.54, 1.807) is 19.2 Å². The summed E-state index contributed by atoms with van der Waals surface area (Å²) in [4.78, 5) is 8.68. The predicted octanol–water partition coefficient (Wildman–Crippen LogP) is 6.94. The second-order valence-electron chi connectivity index (χ2n) is 10.9. The van der Waals surface area contributed by atoms with Gasteiger partial charge in [-0.2, -0.15) is 0 Å². The Balaban J connectivity index is 1.59. The molecular formula is C29H33FN4O3Si. The quantitative estimate of drug-likeness (QED) is 0.140. The van der Waals surface area contributed by atoms with Gasteiger partial charge in [-0.3, -0.25) is 0 Å². The molecule has 5 rings (SSSR count). The van der Waals surface area contributed by atoms with Gasteiger partial charge in [0, 0.05) is 32.8 Å². The van der Waals surface area contributed by atoms with Crippen LogP contribution in [0.2, 0.25) is 25.7 Å². The number of imidazole rings is 1. The highest BCUT2D eigenvalue weighted by molar-refractivity contribution is 6.76. The van der Waals surface area contributed by atoms with Crippen LogP contribution in [0.4, 0.5) is 10.1 Å². The molecule has 0 saturated heterocycles. The number of hydrogen-bond donors (Lipinski definition) is 0. The molecule has 2 aromatic heterocycles. The smallest absolute Gasteiger partial charge is 0.228 e. The van der Waals surface area contributed by atoms with E-state index in [0.29, 0.717) is 37.9 Å². The van der Waals surface area contributed by atoms with Crippen molar-refractivity contribution < 1.29 is 18.6 Å². The summed E-state index contributed by atoms with van der Waals surface area (Å²) in [5.74, 6) is 1.07. The Hall–Kier alpha value is -3.45. The van der Waals surface area contributed by atoms with E-state index in [1.165, 1.54) is 12.1 Å². The summed E-state index contributed by atoms with van der Waals surface area (Å²) in [6, 6.07) is 11.6. The van der Waals surface area contributed by atoms with E-state index in [0.717, 1.165) is 45.3 Å². The molecule has 9 heteroatoms. The van der Waals surface area contributed by atoms with E-state index in [4.69, 9.17) is 25.8 Å². The first kappa shape index (κ1) is 26.2. The third kappa shape index (κ3) is 4.99. The van der Waals surface area contributed by atoms with Crippen LogP contribution < -0.4 is 4.74 Å². The second kappa shape index (κ2) is 10.4. The lowest BCUT2D eigenvalue weighted by Crippen LogP contribution is -2.23. The van der Waals surface area contributed by atoms with Crippen LogP contribution in [-0.2, 0) is 22.7 Å². The molecule has 0 aliphatic carbocycles. The van der Waals surface area contributed by atoms with Gasteiger partial charge in [-0.05, 0) is 48.4 Å². The van der Waals surface area contributed by atoms with Gasteiger partial charge in [0.15, 0.2) is 0 Å². The van der Waals surface area contributed by atoms with Crippen LogP contribution in [0.15, 0.2) is 42.6 Å². The van der Waals surface area contributed by atoms with Crippen LogP contribution in [-0.4, -0.2) is 42.5 Å². The Morgan fingerprint density at radius 2 is 2.03 bits per heavy atom. The predicted molar refractivity (Wildman–Crippen MR) is 149 cm³/mol. The summed E-state index contributed by atoms with van der Waals surface area (Å²) in [5, 5.41) is 0.845. The Morgan fingerprint density at radius 3 is 2.74 bits per heavy atom. The van der Waals surface area contributed by atoms with E-state index in [-0.39, 0.29) is 11.9 Å². The van der Waals surface area contributed by atoms with Crippen molar-refractivity contribution >= 4 is 24.7 Å². The first-order chi connectivity index (χ1) is 18.2. The highest BCUT2D eigenvalue weighted by Crippen LogP contribution is 2.41. The monoisotopic (exact) mass is 532 g/mol. The normalized spacial score (nSPS) is 15.4. The second-order valence-corrected chi connectivity index (χ2v) is 16.5. The molecule has 0 radical (unpaired) electrons. The standard InChI is InChI=1S/C29H33FN4O3Si/c1-19-15-20(30)7-8-21(19)28-29-32-24(17-33(29)11-12-37-28)26-16-22-25(10-9-23(31-2)27(22)35-3)34(26)18-36-13-14-38(4,5)6/h7-10,15-17,28H,11-14,18H2,1,3-6H3. The van der Waals surface area contributed by atoms with Gasteiger partial charge in [0.1, 0.15) is 35.9 Å². The third-order valence-electron chi connectivity index (χ3n) is 6.99. The molecule has 0 fully saturated rings. The van der Waals surface area contributed by atoms with Gasteiger partial charge in [0.05, 0.1) is 31.5 Å². The maximum absolute atomic E-state index is 13.8. The number of rotatable bonds is 8. The number of hydrogen-bond acceptors (Lipinski definition) is 4. The van der Waals surface area contributed by atoms with Crippen LogP contribution in [0.25, 0.3) is 27.1 Å². The number of ether oxygens (including phenoxy) is 3. The van der Waals surface area contributed by atoms with Crippen molar-refractivity contribution in [3.8, 4) is 17.1 Å². The highest BCUT2D eigenvalue weighted by Gasteiger charge is 2.28. The fraction of sp³-hybridized carbons (Fsp3) is 0.379. The molecule has 0 amide bonds. The Bertz CT molecular complexity index is 1530. The van der Waals surface area contributed by atoms with E-state index in [9.17, 15) is 4.39 Å². The van der Waals surface area contributed by atoms with E-state index in [1.807, 2.05) is 25.3 Å². The SMILES string of the molecule is [C-]#[N+]c1ccc2c(cc(-c3cn4c(n3)C(c3ccc(F)cc3C)OCC4)n2COCC[Si](C)(C)C)c1OC. The maximum Gasteiger partial charge on any atom is 0.228 e. The molecule has 2 aromatic carbocycles. The maximum atomic E-state index is 13.8. The molecule has 0 saturated carbocycles. The largest absolute Gasteiger partial charge is 0.507 e. The van der Waals surface area contributed by atoms with E-state index in [2.05, 4.69) is 33.6 Å². The van der Waals surface area contributed by atoms with Gasteiger partial charge in [-0.25, -0.2) is 14.2 Å². The minimum absolute atomic E-state index is 0.266. The van der Waals surface area contributed by atoms with Crippen molar-refractivity contribution in [2.45, 2.75) is 52.0 Å². The molecule has 1 unspecified atom stereocenters. The van der Waals surface area contributed by atoms with Gasteiger partial charge < -0.3 is 23.3 Å². The summed E-state index contributed by atoms with van der Waals surface area (Å²) in [7, 11) is 0.357. The van der Waals surface area contributed by atoms with Gasteiger partial charge in [-0.1, -0.05) is 31.8 Å². The van der Waals surface area contributed by atoms with Crippen LogP contribution in [0, 0.1) is 19.3 Å². The molecule has 38 heavy (non-hydrogen) atoms. The molecule has 1 atom stereocenters. The Labute approximate surface area is 223 Å². The molecule has 1 aliphatic heterocycles. The Morgan fingerprint density at radius 1 is 1.21 bits per heavy atom. The Kier molecular flexibility index (Phi) is 7.14. The molecule has 4 aromatic rings. The van der Waals surface area contributed by atoms with E-state index >= 15 is 0 Å². The van der Waals surface area contributed by atoms with Gasteiger partial charge in [0.25, 0.3) is 0 Å². The molecule has 0 spiro atoms. The molecule has 1 aliphatic rings. The average Bonchev–Trinajstić information content (AvgIpc) is 3.47. The summed E-state index contributed by atoms with van der Waals surface area (Å²) >= 11 is 0. The minimum atomic E-state index is -1.23. The fourth-order valence-electron chi connectivity index (χ4n) is 4.93.